The van der Waals surface area contributed by atoms with Crippen LogP contribution in [0.5, 0.6) is 0 Å². The standard InChI is InChI=1S/C21H22N8O/c1-26-11-12-28(21(30)18-7-10-23-27(18)2)14-19(26)20-17-4-3-16(13-29(17)25-24-20)15-5-8-22-9-6-15/h3-10,13,19H,11-12,14H2,1-2H3. The maximum Gasteiger partial charge on any atom is 0.272 e. The van der Waals surface area contributed by atoms with Gasteiger partial charge in [0.2, 0.25) is 0 Å². The molecule has 9 nitrogen and oxygen atoms in total. The first-order valence-electron chi connectivity index (χ1n) is 9.84. The summed E-state index contributed by atoms with van der Waals surface area (Å²) in [7, 11) is 3.85. The molecule has 0 saturated carbocycles. The van der Waals surface area contributed by atoms with Gasteiger partial charge in [0.25, 0.3) is 5.91 Å². The summed E-state index contributed by atoms with van der Waals surface area (Å²) in [6.45, 7) is 1.99. The Morgan fingerprint density at radius 2 is 1.83 bits per heavy atom. The molecule has 0 bridgehead atoms. The molecule has 1 fully saturated rings. The number of carbonyl (C=O) groups is 1. The van der Waals surface area contributed by atoms with Gasteiger partial charge in [0.1, 0.15) is 11.4 Å². The van der Waals surface area contributed by atoms with Gasteiger partial charge in [-0.3, -0.25) is 19.4 Å². The molecule has 1 amide bonds. The minimum absolute atomic E-state index is 0.00968. The van der Waals surface area contributed by atoms with Gasteiger partial charge < -0.3 is 4.90 Å². The summed E-state index contributed by atoms with van der Waals surface area (Å²) < 4.78 is 3.42. The Morgan fingerprint density at radius 1 is 1.00 bits per heavy atom. The quantitative estimate of drug-likeness (QED) is 0.518. The first kappa shape index (κ1) is 18.4. The van der Waals surface area contributed by atoms with Crippen molar-refractivity contribution in [3.63, 3.8) is 0 Å². The van der Waals surface area contributed by atoms with Crippen molar-refractivity contribution in [2.75, 3.05) is 26.7 Å². The SMILES string of the molecule is CN1CCN(C(=O)c2ccnn2C)CC1c1nnn2cc(-c3ccncc3)ccc12. The zero-order valence-electron chi connectivity index (χ0n) is 16.9. The summed E-state index contributed by atoms with van der Waals surface area (Å²) in [5.74, 6) is -0.00968. The van der Waals surface area contributed by atoms with Gasteiger partial charge in [0.15, 0.2) is 0 Å². The average Bonchev–Trinajstić information content (AvgIpc) is 3.40. The summed E-state index contributed by atoms with van der Waals surface area (Å²) >= 11 is 0. The molecular formula is C21H22N8O. The number of nitrogens with zero attached hydrogens (tertiary/aromatic N) is 8. The van der Waals surface area contributed by atoms with Crippen LogP contribution >= 0.6 is 0 Å². The molecule has 1 aliphatic heterocycles. The lowest BCUT2D eigenvalue weighted by molar-refractivity contribution is 0.0531. The molecule has 1 unspecified atom stereocenters. The van der Waals surface area contributed by atoms with E-state index in [1.54, 1.807) is 40.9 Å². The van der Waals surface area contributed by atoms with Gasteiger partial charge in [-0.05, 0) is 36.9 Å². The van der Waals surface area contributed by atoms with E-state index >= 15 is 0 Å². The maximum atomic E-state index is 13.0. The summed E-state index contributed by atoms with van der Waals surface area (Å²) in [4.78, 5) is 21.1. The van der Waals surface area contributed by atoms with Crippen LogP contribution in [0.3, 0.4) is 0 Å². The van der Waals surface area contributed by atoms with Crippen LogP contribution in [0.15, 0.2) is 55.1 Å². The summed E-state index contributed by atoms with van der Waals surface area (Å²) in [6.07, 6.45) is 7.17. The van der Waals surface area contributed by atoms with E-state index in [1.807, 2.05) is 29.3 Å². The zero-order valence-corrected chi connectivity index (χ0v) is 16.9. The number of hydrogen-bond acceptors (Lipinski definition) is 6. The molecule has 1 aliphatic rings. The molecule has 30 heavy (non-hydrogen) atoms. The van der Waals surface area contributed by atoms with Crippen molar-refractivity contribution in [3.05, 3.63) is 66.5 Å². The smallest absolute Gasteiger partial charge is 0.272 e. The molecule has 5 rings (SSSR count). The van der Waals surface area contributed by atoms with Crippen LogP contribution in [-0.2, 0) is 7.05 Å². The van der Waals surface area contributed by atoms with Crippen molar-refractivity contribution in [2.45, 2.75) is 6.04 Å². The molecule has 1 saturated heterocycles. The number of rotatable bonds is 3. The number of hydrogen-bond donors (Lipinski definition) is 0. The van der Waals surface area contributed by atoms with Crippen LogP contribution in [0.1, 0.15) is 22.2 Å². The third kappa shape index (κ3) is 3.13. The van der Waals surface area contributed by atoms with Crippen molar-refractivity contribution in [1.29, 1.82) is 0 Å². The minimum atomic E-state index is -0.0276. The highest BCUT2D eigenvalue weighted by atomic mass is 16.2. The molecule has 1 atom stereocenters. The van der Waals surface area contributed by atoms with Crippen LogP contribution in [0.25, 0.3) is 16.6 Å². The third-order valence-electron chi connectivity index (χ3n) is 5.74. The fourth-order valence-corrected chi connectivity index (χ4v) is 3.97. The molecule has 5 heterocycles. The minimum Gasteiger partial charge on any atom is -0.334 e. The van der Waals surface area contributed by atoms with Gasteiger partial charge >= 0.3 is 0 Å². The molecule has 9 heteroatoms. The highest BCUT2D eigenvalue weighted by Gasteiger charge is 2.32. The van der Waals surface area contributed by atoms with Crippen LogP contribution in [-0.4, -0.2) is 72.0 Å². The second-order valence-corrected chi connectivity index (χ2v) is 7.55. The van der Waals surface area contributed by atoms with Crippen LogP contribution < -0.4 is 0 Å². The van der Waals surface area contributed by atoms with Gasteiger partial charge in [0.05, 0.1) is 11.6 Å². The molecule has 0 aliphatic carbocycles. The topological polar surface area (TPSA) is 84.5 Å². The Bertz CT molecular complexity index is 1200. The average molecular weight is 402 g/mol. The normalized spacial score (nSPS) is 17.5. The monoisotopic (exact) mass is 402 g/mol. The number of aromatic nitrogens is 6. The van der Waals surface area contributed by atoms with Crippen molar-refractivity contribution < 1.29 is 4.79 Å². The van der Waals surface area contributed by atoms with Crippen molar-refractivity contribution in [1.82, 2.24) is 39.4 Å². The van der Waals surface area contributed by atoms with Crippen molar-refractivity contribution >= 4 is 11.4 Å². The lowest BCUT2D eigenvalue weighted by atomic mass is 10.1. The molecule has 4 aromatic rings. The number of carbonyl (C=O) groups excluding carboxylic acids is 1. The molecular weight excluding hydrogens is 380 g/mol. The molecule has 0 spiro atoms. The lowest BCUT2D eigenvalue weighted by Crippen LogP contribution is -2.49. The predicted molar refractivity (Wildman–Crippen MR) is 111 cm³/mol. The fourth-order valence-electron chi connectivity index (χ4n) is 3.97. The number of aryl methyl sites for hydroxylation is 1. The molecule has 0 radical (unpaired) electrons. The second-order valence-electron chi connectivity index (χ2n) is 7.55. The summed E-state index contributed by atoms with van der Waals surface area (Å²) in [5.41, 5.74) is 4.53. The Kier molecular flexibility index (Phi) is 4.51. The first-order valence-corrected chi connectivity index (χ1v) is 9.84. The van der Waals surface area contributed by atoms with Gasteiger partial charge in [0, 0.05) is 57.0 Å². The van der Waals surface area contributed by atoms with E-state index in [2.05, 4.69) is 38.4 Å². The highest BCUT2D eigenvalue weighted by molar-refractivity contribution is 5.92. The first-order chi connectivity index (χ1) is 14.6. The summed E-state index contributed by atoms with van der Waals surface area (Å²) in [6, 6.07) is 9.77. The number of piperazine rings is 1. The van der Waals surface area contributed by atoms with Crippen molar-refractivity contribution in [3.8, 4) is 11.1 Å². The molecule has 4 aromatic heterocycles. The predicted octanol–water partition coefficient (Wildman–Crippen LogP) is 1.65. The van der Waals surface area contributed by atoms with Crippen LogP contribution in [0.4, 0.5) is 0 Å². The van der Waals surface area contributed by atoms with E-state index < -0.39 is 0 Å². The Balaban J connectivity index is 1.45. The Labute approximate surface area is 173 Å². The van der Waals surface area contributed by atoms with Gasteiger partial charge in [-0.2, -0.15) is 5.10 Å². The Morgan fingerprint density at radius 3 is 2.60 bits per heavy atom. The Hall–Kier alpha value is -3.59. The van der Waals surface area contributed by atoms with E-state index in [0.717, 1.165) is 28.9 Å². The van der Waals surface area contributed by atoms with E-state index in [4.69, 9.17) is 0 Å². The highest BCUT2D eigenvalue weighted by Crippen LogP contribution is 2.28. The number of amides is 1. The number of likely N-dealkylation sites (N-methyl/N-ethyl adjacent to an activating group) is 1. The molecule has 0 aromatic carbocycles. The fraction of sp³-hybridized carbons (Fsp3) is 0.286. The largest absolute Gasteiger partial charge is 0.334 e. The summed E-state index contributed by atoms with van der Waals surface area (Å²) in [5, 5.41) is 13.0. The van der Waals surface area contributed by atoms with Gasteiger partial charge in [-0.15, -0.1) is 5.10 Å². The maximum absolute atomic E-state index is 13.0. The van der Waals surface area contributed by atoms with Gasteiger partial charge in [-0.25, -0.2) is 4.52 Å². The van der Waals surface area contributed by atoms with Crippen LogP contribution in [0, 0.1) is 0 Å². The van der Waals surface area contributed by atoms with E-state index in [0.29, 0.717) is 18.8 Å². The van der Waals surface area contributed by atoms with Gasteiger partial charge in [-0.1, -0.05) is 11.3 Å². The van der Waals surface area contributed by atoms with E-state index in [1.165, 1.54) is 0 Å². The van der Waals surface area contributed by atoms with Crippen LogP contribution in [0.2, 0.25) is 0 Å². The number of pyridine rings is 2. The number of fused-ring (bicyclic) bond motifs is 1. The zero-order chi connectivity index (χ0) is 20.7. The molecule has 0 N–H and O–H groups in total. The third-order valence-corrected chi connectivity index (χ3v) is 5.74. The second kappa shape index (κ2) is 7.34. The lowest BCUT2D eigenvalue weighted by Gasteiger charge is -2.38. The van der Waals surface area contributed by atoms with Crippen molar-refractivity contribution in [2.24, 2.45) is 7.05 Å². The van der Waals surface area contributed by atoms with E-state index in [-0.39, 0.29) is 11.9 Å². The molecule has 152 valence electrons. The van der Waals surface area contributed by atoms with E-state index in [9.17, 15) is 4.79 Å².